The third-order valence-electron chi connectivity index (χ3n) is 4.14. The van der Waals surface area contributed by atoms with Crippen molar-refractivity contribution in [2.24, 2.45) is 5.92 Å². The number of rotatable bonds is 6. The zero-order valence-electron chi connectivity index (χ0n) is 13.0. The van der Waals surface area contributed by atoms with E-state index in [1.54, 1.807) is 4.90 Å². The Bertz CT molecular complexity index is 521. The van der Waals surface area contributed by atoms with Crippen molar-refractivity contribution in [3.05, 3.63) is 29.8 Å². The van der Waals surface area contributed by atoms with Gasteiger partial charge in [0.05, 0.1) is 0 Å². The number of aryl methyl sites for hydroxylation is 1. The minimum absolute atomic E-state index is 0.0281. The molecule has 1 fully saturated rings. The predicted molar refractivity (Wildman–Crippen MR) is 82.9 cm³/mol. The third-order valence-corrected chi connectivity index (χ3v) is 4.14. The first-order valence-electron chi connectivity index (χ1n) is 7.80. The van der Waals surface area contributed by atoms with E-state index in [1.807, 2.05) is 24.3 Å². The molecule has 1 heterocycles. The molecule has 1 saturated heterocycles. The number of nitrogens with zero attached hydrogens (tertiary/aromatic N) is 1. The van der Waals surface area contributed by atoms with Crippen molar-refractivity contribution in [1.82, 2.24) is 4.90 Å². The molecule has 0 radical (unpaired) electrons. The summed E-state index contributed by atoms with van der Waals surface area (Å²) >= 11 is 0. The second-order valence-corrected chi connectivity index (χ2v) is 5.67. The molecule has 0 bridgehead atoms. The molecule has 0 unspecified atom stereocenters. The van der Waals surface area contributed by atoms with Gasteiger partial charge in [0.25, 0.3) is 5.91 Å². The van der Waals surface area contributed by atoms with E-state index >= 15 is 0 Å². The maximum Gasteiger partial charge on any atom is 0.303 e. The summed E-state index contributed by atoms with van der Waals surface area (Å²) in [6.07, 6.45) is 2.57. The van der Waals surface area contributed by atoms with Gasteiger partial charge in [-0.3, -0.25) is 9.59 Å². The minimum Gasteiger partial charge on any atom is -0.483 e. The number of carboxylic acid groups (broad SMARTS) is 1. The van der Waals surface area contributed by atoms with Gasteiger partial charge in [-0.15, -0.1) is 0 Å². The van der Waals surface area contributed by atoms with Gasteiger partial charge in [-0.1, -0.05) is 25.1 Å². The van der Waals surface area contributed by atoms with Crippen LogP contribution in [0.4, 0.5) is 0 Å². The number of hydrogen-bond acceptors (Lipinski definition) is 3. The third kappa shape index (κ3) is 4.48. The fraction of sp³-hybridized carbons (Fsp3) is 0.529. The molecular weight excluding hydrogens is 282 g/mol. The molecule has 1 aliphatic heterocycles. The Balaban J connectivity index is 1.80. The van der Waals surface area contributed by atoms with Crippen molar-refractivity contribution in [2.75, 3.05) is 19.7 Å². The van der Waals surface area contributed by atoms with Gasteiger partial charge in [0.2, 0.25) is 0 Å². The number of carboxylic acids is 1. The van der Waals surface area contributed by atoms with E-state index < -0.39 is 5.97 Å². The summed E-state index contributed by atoms with van der Waals surface area (Å²) in [5, 5.41) is 8.80. The van der Waals surface area contributed by atoms with Crippen molar-refractivity contribution in [3.63, 3.8) is 0 Å². The molecule has 1 aliphatic rings. The van der Waals surface area contributed by atoms with E-state index in [4.69, 9.17) is 9.84 Å². The number of likely N-dealkylation sites (tertiary alicyclic amines) is 1. The van der Waals surface area contributed by atoms with E-state index in [-0.39, 0.29) is 24.9 Å². The van der Waals surface area contributed by atoms with E-state index in [0.717, 1.165) is 30.6 Å². The highest BCUT2D eigenvalue weighted by molar-refractivity contribution is 5.78. The Hall–Kier alpha value is -2.04. The van der Waals surface area contributed by atoms with Crippen LogP contribution in [0.2, 0.25) is 0 Å². The lowest BCUT2D eigenvalue weighted by Crippen LogP contribution is -2.41. The lowest BCUT2D eigenvalue weighted by atomic mass is 9.94. The summed E-state index contributed by atoms with van der Waals surface area (Å²) in [6.45, 7) is 3.34. The summed E-state index contributed by atoms with van der Waals surface area (Å²) in [5.74, 6) is 0.159. The molecule has 0 aliphatic carbocycles. The first kappa shape index (κ1) is 16.3. The molecule has 0 aromatic heterocycles. The highest BCUT2D eigenvalue weighted by Crippen LogP contribution is 2.21. The van der Waals surface area contributed by atoms with Crippen LogP contribution in [0.1, 0.15) is 31.7 Å². The number of benzene rings is 1. The van der Waals surface area contributed by atoms with Crippen molar-refractivity contribution in [3.8, 4) is 5.75 Å². The summed E-state index contributed by atoms with van der Waals surface area (Å²) in [4.78, 5) is 24.7. The van der Waals surface area contributed by atoms with Crippen LogP contribution in [0.25, 0.3) is 0 Å². The Morgan fingerprint density at radius 3 is 2.59 bits per heavy atom. The minimum atomic E-state index is -0.760. The van der Waals surface area contributed by atoms with Gasteiger partial charge < -0.3 is 14.7 Å². The first-order chi connectivity index (χ1) is 10.6. The smallest absolute Gasteiger partial charge is 0.303 e. The normalized spacial score (nSPS) is 15.6. The zero-order valence-corrected chi connectivity index (χ0v) is 13.0. The van der Waals surface area contributed by atoms with Crippen LogP contribution >= 0.6 is 0 Å². The molecule has 1 aromatic rings. The molecule has 5 nitrogen and oxygen atoms in total. The SMILES string of the molecule is CCc1ccccc1OCC(=O)N1CCC(CC(=O)O)CC1. The highest BCUT2D eigenvalue weighted by Gasteiger charge is 2.24. The average molecular weight is 305 g/mol. The van der Waals surface area contributed by atoms with Crippen LogP contribution in [0.5, 0.6) is 5.75 Å². The molecule has 22 heavy (non-hydrogen) atoms. The first-order valence-corrected chi connectivity index (χ1v) is 7.80. The number of carbonyl (C=O) groups excluding carboxylic acids is 1. The van der Waals surface area contributed by atoms with Gasteiger partial charge in [-0.05, 0) is 36.8 Å². The van der Waals surface area contributed by atoms with E-state index in [0.29, 0.717) is 13.1 Å². The quantitative estimate of drug-likeness (QED) is 0.876. The fourth-order valence-electron chi connectivity index (χ4n) is 2.80. The summed E-state index contributed by atoms with van der Waals surface area (Å²) < 4.78 is 5.65. The largest absolute Gasteiger partial charge is 0.483 e. The molecular formula is C17H23NO4. The molecule has 1 N–H and O–H groups in total. The molecule has 0 spiro atoms. The fourth-order valence-corrected chi connectivity index (χ4v) is 2.80. The Labute approximate surface area is 130 Å². The maximum absolute atomic E-state index is 12.2. The molecule has 0 atom stereocenters. The second-order valence-electron chi connectivity index (χ2n) is 5.67. The van der Waals surface area contributed by atoms with Gasteiger partial charge in [-0.2, -0.15) is 0 Å². The molecule has 120 valence electrons. The monoisotopic (exact) mass is 305 g/mol. The number of aliphatic carboxylic acids is 1. The second kappa shape index (κ2) is 7.82. The lowest BCUT2D eigenvalue weighted by Gasteiger charge is -2.31. The zero-order chi connectivity index (χ0) is 15.9. The van der Waals surface area contributed by atoms with Gasteiger partial charge in [0.1, 0.15) is 5.75 Å². The molecule has 5 heteroatoms. The summed E-state index contributed by atoms with van der Waals surface area (Å²) in [6, 6.07) is 7.74. The van der Waals surface area contributed by atoms with Crippen LogP contribution in [-0.2, 0) is 16.0 Å². The van der Waals surface area contributed by atoms with Crippen molar-refractivity contribution in [2.45, 2.75) is 32.6 Å². The topological polar surface area (TPSA) is 66.8 Å². The van der Waals surface area contributed by atoms with E-state index in [1.165, 1.54) is 0 Å². The van der Waals surface area contributed by atoms with Gasteiger partial charge in [0.15, 0.2) is 6.61 Å². The Morgan fingerprint density at radius 2 is 1.95 bits per heavy atom. The van der Waals surface area contributed by atoms with Crippen LogP contribution in [-0.4, -0.2) is 41.6 Å². The number of piperidine rings is 1. The van der Waals surface area contributed by atoms with Crippen LogP contribution < -0.4 is 4.74 Å². The van der Waals surface area contributed by atoms with Crippen LogP contribution in [0.3, 0.4) is 0 Å². The predicted octanol–water partition coefficient (Wildman–Crippen LogP) is 2.34. The van der Waals surface area contributed by atoms with Crippen molar-refractivity contribution < 1.29 is 19.4 Å². The number of para-hydroxylation sites is 1. The van der Waals surface area contributed by atoms with Crippen molar-refractivity contribution in [1.29, 1.82) is 0 Å². The maximum atomic E-state index is 12.2. The van der Waals surface area contributed by atoms with E-state index in [9.17, 15) is 9.59 Å². The standard InChI is InChI=1S/C17H23NO4/c1-2-14-5-3-4-6-15(14)22-12-16(19)18-9-7-13(8-10-18)11-17(20)21/h3-6,13H,2,7-12H2,1H3,(H,20,21). The lowest BCUT2D eigenvalue weighted by molar-refractivity contribution is -0.139. The molecule has 2 rings (SSSR count). The summed E-state index contributed by atoms with van der Waals surface area (Å²) in [5.41, 5.74) is 1.09. The van der Waals surface area contributed by atoms with Crippen molar-refractivity contribution >= 4 is 11.9 Å². The highest BCUT2D eigenvalue weighted by atomic mass is 16.5. The molecule has 1 aromatic carbocycles. The van der Waals surface area contributed by atoms with Gasteiger partial charge in [0, 0.05) is 19.5 Å². The Morgan fingerprint density at radius 1 is 1.27 bits per heavy atom. The van der Waals surface area contributed by atoms with Crippen LogP contribution in [0.15, 0.2) is 24.3 Å². The number of ether oxygens (including phenoxy) is 1. The van der Waals surface area contributed by atoms with E-state index in [2.05, 4.69) is 6.92 Å². The van der Waals surface area contributed by atoms with Gasteiger partial charge in [-0.25, -0.2) is 0 Å². The molecule has 0 saturated carbocycles. The Kier molecular flexibility index (Phi) is 5.81. The van der Waals surface area contributed by atoms with Gasteiger partial charge >= 0.3 is 5.97 Å². The molecule has 1 amide bonds. The average Bonchev–Trinajstić information content (AvgIpc) is 2.53. The number of hydrogen-bond donors (Lipinski definition) is 1. The summed E-state index contributed by atoms with van der Waals surface area (Å²) in [7, 11) is 0. The van der Waals surface area contributed by atoms with Crippen LogP contribution in [0, 0.1) is 5.92 Å². The number of carbonyl (C=O) groups is 2. The number of amides is 1.